The van der Waals surface area contributed by atoms with Gasteiger partial charge in [-0.25, -0.2) is 0 Å². The van der Waals surface area contributed by atoms with Gasteiger partial charge in [-0.05, 0) is 70.5 Å². The second-order valence-electron chi connectivity index (χ2n) is 6.19. The molecule has 0 fully saturated rings. The van der Waals surface area contributed by atoms with Gasteiger partial charge in [-0.1, -0.05) is 48.9 Å². The summed E-state index contributed by atoms with van der Waals surface area (Å²) >= 11 is 8.47. The van der Waals surface area contributed by atoms with Crippen LogP contribution in [0.3, 0.4) is 0 Å². The van der Waals surface area contributed by atoms with Gasteiger partial charge in [-0.15, -0.1) is 0 Å². The zero-order chi connectivity index (χ0) is 19.9. The molecular formula is C23H21ClINO2. The van der Waals surface area contributed by atoms with Crippen molar-refractivity contribution in [1.29, 1.82) is 0 Å². The summed E-state index contributed by atoms with van der Waals surface area (Å²) in [6, 6.07) is 19.9. The number of ether oxygens (including phenoxy) is 2. The molecule has 5 heteroatoms. The first-order chi connectivity index (χ1) is 13.6. The summed E-state index contributed by atoms with van der Waals surface area (Å²) in [6.45, 7) is 2.52. The smallest absolute Gasteiger partial charge is 0.174 e. The topological polar surface area (TPSA) is 30.8 Å². The van der Waals surface area contributed by atoms with Crippen LogP contribution in [0.2, 0.25) is 5.02 Å². The zero-order valence-corrected chi connectivity index (χ0v) is 18.7. The standard InChI is InChI=1S/C23H21ClINO2/c1-3-16-8-10-19(11-9-16)26-14-17-12-21(25)23(22(13-17)27-2)28-15-18-6-4-5-7-20(18)24/h4-14H,3,15H2,1-2H3. The molecule has 0 aliphatic heterocycles. The Morgan fingerprint density at radius 3 is 2.50 bits per heavy atom. The molecule has 0 aliphatic carbocycles. The summed E-state index contributed by atoms with van der Waals surface area (Å²) in [5.74, 6) is 1.37. The fourth-order valence-electron chi connectivity index (χ4n) is 2.69. The maximum atomic E-state index is 6.22. The lowest BCUT2D eigenvalue weighted by atomic mass is 10.1. The summed E-state index contributed by atoms with van der Waals surface area (Å²) in [6.07, 6.45) is 2.86. The van der Waals surface area contributed by atoms with Crippen LogP contribution in [0.4, 0.5) is 5.69 Å². The van der Waals surface area contributed by atoms with Gasteiger partial charge >= 0.3 is 0 Å². The van der Waals surface area contributed by atoms with Crippen molar-refractivity contribution in [2.45, 2.75) is 20.0 Å². The monoisotopic (exact) mass is 505 g/mol. The van der Waals surface area contributed by atoms with Gasteiger partial charge in [0.1, 0.15) is 6.61 Å². The predicted octanol–water partition coefficient (Wildman–Crippen LogP) is 6.85. The molecule has 0 N–H and O–H groups in total. The minimum absolute atomic E-state index is 0.378. The highest BCUT2D eigenvalue weighted by molar-refractivity contribution is 14.1. The largest absolute Gasteiger partial charge is 0.493 e. The van der Waals surface area contributed by atoms with Crippen molar-refractivity contribution in [1.82, 2.24) is 0 Å². The second kappa shape index (κ2) is 9.94. The van der Waals surface area contributed by atoms with E-state index < -0.39 is 0 Å². The van der Waals surface area contributed by atoms with Crippen LogP contribution < -0.4 is 9.47 Å². The Hall–Kier alpha value is -2.05. The Balaban J connectivity index is 1.78. The number of methoxy groups -OCH3 is 1. The van der Waals surface area contributed by atoms with Gasteiger partial charge in [0, 0.05) is 16.8 Å². The van der Waals surface area contributed by atoms with Gasteiger partial charge in [-0.3, -0.25) is 4.99 Å². The molecule has 0 spiro atoms. The van der Waals surface area contributed by atoms with E-state index in [2.05, 4.69) is 46.6 Å². The summed E-state index contributed by atoms with van der Waals surface area (Å²) in [5, 5.41) is 0.689. The molecule has 0 saturated heterocycles. The van der Waals surface area contributed by atoms with Gasteiger partial charge in [0.2, 0.25) is 0 Å². The molecule has 0 bridgehead atoms. The second-order valence-corrected chi connectivity index (χ2v) is 7.76. The molecular weight excluding hydrogens is 485 g/mol. The lowest BCUT2D eigenvalue weighted by molar-refractivity contribution is 0.282. The number of aryl methyl sites for hydroxylation is 1. The molecule has 144 valence electrons. The SMILES string of the molecule is CCc1ccc(N=Cc2cc(I)c(OCc3ccccc3Cl)c(OC)c2)cc1. The van der Waals surface area contributed by atoms with E-state index >= 15 is 0 Å². The van der Waals surface area contributed by atoms with Crippen LogP contribution in [0.15, 0.2) is 65.7 Å². The van der Waals surface area contributed by atoms with E-state index in [-0.39, 0.29) is 0 Å². The lowest BCUT2D eigenvalue weighted by Gasteiger charge is -2.14. The van der Waals surface area contributed by atoms with Crippen LogP contribution in [0, 0.1) is 3.57 Å². The first-order valence-corrected chi connectivity index (χ1v) is 10.4. The van der Waals surface area contributed by atoms with E-state index in [0.717, 1.165) is 26.8 Å². The molecule has 3 aromatic rings. The third-order valence-electron chi connectivity index (χ3n) is 4.29. The molecule has 3 nitrogen and oxygen atoms in total. The van der Waals surface area contributed by atoms with Crippen molar-refractivity contribution in [3.05, 3.63) is 85.9 Å². The van der Waals surface area contributed by atoms with Crippen LogP contribution in [0.1, 0.15) is 23.6 Å². The number of hydrogen-bond donors (Lipinski definition) is 0. The van der Waals surface area contributed by atoms with Crippen molar-refractivity contribution >= 4 is 46.1 Å². The third kappa shape index (κ3) is 5.26. The molecule has 0 amide bonds. The molecule has 0 heterocycles. The van der Waals surface area contributed by atoms with Gasteiger partial charge < -0.3 is 9.47 Å². The molecule has 0 unspecified atom stereocenters. The van der Waals surface area contributed by atoms with E-state index in [0.29, 0.717) is 23.1 Å². The Labute approximate surface area is 184 Å². The molecule has 0 atom stereocenters. The lowest BCUT2D eigenvalue weighted by Crippen LogP contribution is -2.01. The Morgan fingerprint density at radius 1 is 1.07 bits per heavy atom. The minimum atomic E-state index is 0.378. The van der Waals surface area contributed by atoms with E-state index in [4.69, 9.17) is 21.1 Å². The Morgan fingerprint density at radius 2 is 1.82 bits per heavy atom. The normalized spacial score (nSPS) is 11.0. The van der Waals surface area contributed by atoms with E-state index in [9.17, 15) is 0 Å². The van der Waals surface area contributed by atoms with Crippen molar-refractivity contribution in [3.63, 3.8) is 0 Å². The summed E-state index contributed by atoms with van der Waals surface area (Å²) in [4.78, 5) is 4.56. The molecule has 3 aromatic carbocycles. The van der Waals surface area contributed by atoms with Crippen molar-refractivity contribution in [3.8, 4) is 11.5 Å². The number of benzene rings is 3. The highest BCUT2D eigenvalue weighted by Gasteiger charge is 2.12. The van der Waals surface area contributed by atoms with Crippen molar-refractivity contribution in [2.75, 3.05) is 7.11 Å². The molecule has 3 rings (SSSR count). The fraction of sp³-hybridized carbons (Fsp3) is 0.174. The van der Waals surface area contributed by atoms with Gasteiger partial charge in [0.15, 0.2) is 11.5 Å². The Kier molecular flexibility index (Phi) is 7.34. The van der Waals surface area contributed by atoms with Crippen molar-refractivity contribution < 1.29 is 9.47 Å². The number of nitrogens with zero attached hydrogens (tertiary/aromatic N) is 1. The minimum Gasteiger partial charge on any atom is -0.493 e. The maximum absolute atomic E-state index is 6.22. The third-order valence-corrected chi connectivity index (χ3v) is 5.46. The van der Waals surface area contributed by atoms with E-state index in [1.807, 2.05) is 54.7 Å². The highest BCUT2D eigenvalue weighted by atomic mass is 127. The molecule has 0 aliphatic rings. The quantitative estimate of drug-likeness (QED) is 0.260. The number of hydrogen-bond acceptors (Lipinski definition) is 3. The molecule has 0 saturated carbocycles. The average molecular weight is 506 g/mol. The molecule has 28 heavy (non-hydrogen) atoms. The average Bonchev–Trinajstić information content (AvgIpc) is 2.72. The van der Waals surface area contributed by atoms with Crippen molar-refractivity contribution in [2.24, 2.45) is 4.99 Å². The van der Waals surface area contributed by atoms with Gasteiger partial charge in [-0.2, -0.15) is 0 Å². The number of halogens is 2. The van der Waals surface area contributed by atoms with Crippen LogP contribution in [-0.2, 0) is 13.0 Å². The summed E-state index contributed by atoms with van der Waals surface area (Å²) in [5.41, 5.74) is 4.11. The van der Waals surface area contributed by atoms with E-state index in [1.165, 1.54) is 5.56 Å². The predicted molar refractivity (Wildman–Crippen MR) is 125 cm³/mol. The molecule has 0 aromatic heterocycles. The maximum Gasteiger partial charge on any atom is 0.174 e. The van der Waals surface area contributed by atoms with Crippen LogP contribution in [-0.4, -0.2) is 13.3 Å². The van der Waals surface area contributed by atoms with Crippen LogP contribution in [0.25, 0.3) is 0 Å². The summed E-state index contributed by atoms with van der Waals surface area (Å²) < 4.78 is 12.5. The van der Waals surface area contributed by atoms with Gasteiger partial charge in [0.05, 0.1) is 16.4 Å². The molecule has 0 radical (unpaired) electrons. The number of aliphatic imine (C=N–C) groups is 1. The highest BCUT2D eigenvalue weighted by Crippen LogP contribution is 2.34. The van der Waals surface area contributed by atoms with E-state index in [1.54, 1.807) is 7.11 Å². The first-order valence-electron chi connectivity index (χ1n) is 8.97. The fourth-order valence-corrected chi connectivity index (χ4v) is 3.66. The van der Waals surface area contributed by atoms with Gasteiger partial charge in [0.25, 0.3) is 0 Å². The Bertz CT molecular complexity index is 971. The number of rotatable bonds is 7. The van der Waals surface area contributed by atoms with Crippen LogP contribution in [0.5, 0.6) is 11.5 Å². The summed E-state index contributed by atoms with van der Waals surface area (Å²) in [7, 11) is 1.64. The first kappa shape index (κ1) is 20.7. The zero-order valence-electron chi connectivity index (χ0n) is 15.8. The van der Waals surface area contributed by atoms with Crippen LogP contribution >= 0.6 is 34.2 Å².